The maximum atomic E-state index is 14.5. The summed E-state index contributed by atoms with van der Waals surface area (Å²) in [4.78, 5) is 19.6. The van der Waals surface area contributed by atoms with Crippen molar-refractivity contribution >= 4 is 26.7 Å². The Balaban J connectivity index is 1.62. The minimum Gasteiger partial charge on any atom is -0.351 e. The van der Waals surface area contributed by atoms with Gasteiger partial charge in [-0.25, -0.2) is 9.37 Å². The van der Waals surface area contributed by atoms with Gasteiger partial charge in [-0.2, -0.15) is 5.10 Å². The maximum absolute atomic E-state index is 14.5. The van der Waals surface area contributed by atoms with Gasteiger partial charge in [-0.3, -0.25) is 9.89 Å². The predicted molar refractivity (Wildman–Crippen MR) is 117 cm³/mol. The summed E-state index contributed by atoms with van der Waals surface area (Å²) in [6.45, 7) is 3.02. The first kappa shape index (κ1) is 20.3. The molecule has 2 aromatic heterocycles. The number of amides is 1. The third-order valence-corrected chi connectivity index (χ3v) is 6.79. The lowest BCUT2D eigenvalue weighted by Crippen LogP contribution is -2.30. The average Bonchev–Trinajstić information content (AvgIpc) is 3.38. The molecule has 0 spiro atoms. The van der Waals surface area contributed by atoms with Crippen molar-refractivity contribution in [2.75, 3.05) is 23.3 Å². The molecule has 2 unspecified atom stereocenters. The Morgan fingerprint density at radius 2 is 2.14 bits per heavy atom. The van der Waals surface area contributed by atoms with Crippen LogP contribution < -0.4 is 10.2 Å². The van der Waals surface area contributed by atoms with Crippen LogP contribution >= 0.6 is 9.24 Å². The Kier molecular flexibility index (Phi) is 5.86. The molecular weight excluding hydrogens is 388 g/mol. The molecule has 156 valence electrons. The molecule has 1 aliphatic carbocycles. The number of anilines is 2. The summed E-state index contributed by atoms with van der Waals surface area (Å²) in [6.07, 6.45) is 9.02. The molecule has 0 aromatic carbocycles. The van der Waals surface area contributed by atoms with E-state index in [0.29, 0.717) is 24.5 Å². The van der Waals surface area contributed by atoms with Gasteiger partial charge < -0.3 is 10.2 Å². The first-order chi connectivity index (χ1) is 14.0. The van der Waals surface area contributed by atoms with Gasteiger partial charge in [-0.1, -0.05) is 22.6 Å². The highest BCUT2D eigenvalue weighted by Crippen LogP contribution is 2.40. The van der Waals surface area contributed by atoms with Crippen LogP contribution in [0.1, 0.15) is 45.4 Å². The van der Waals surface area contributed by atoms with E-state index in [1.54, 1.807) is 12.4 Å². The van der Waals surface area contributed by atoms with Crippen molar-refractivity contribution in [2.45, 2.75) is 50.9 Å². The molecule has 6 nitrogen and oxygen atoms in total. The van der Waals surface area contributed by atoms with Gasteiger partial charge in [0.25, 0.3) is 0 Å². The van der Waals surface area contributed by atoms with E-state index in [1.807, 2.05) is 17.0 Å². The number of alkyl halides is 1. The van der Waals surface area contributed by atoms with E-state index in [-0.39, 0.29) is 18.4 Å². The first-order valence-electron chi connectivity index (χ1n) is 10.5. The zero-order chi connectivity index (χ0) is 20.4. The Morgan fingerprint density at radius 3 is 2.76 bits per heavy atom. The zero-order valence-corrected chi connectivity index (χ0v) is 18.0. The van der Waals surface area contributed by atoms with E-state index in [4.69, 9.17) is 0 Å². The minimum atomic E-state index is -1.33. The van der Waals surface area contributed by atoms with E-state index >= 15 is 0 Å². The smallest absolute Gasteiger partial charge is 0.227 e. The zero-order valence-electron chi connectivity index (χ0n) is 16.8. The lowest BCUT2D eigenvalue weighted by molar-refractivity contribution is -0.121. The van der Waals surface area contributed by atoms with Gasteiger partial charge in [-0.05, 0) is 43.7 Å². The molecule has 2 N–H and O–H groups in total. The van der Waals surface area contributed by atoms with Gasteiger partial charge in [0, 0.05) is 36.8 Å². The summed E-state index contributed by atoms with van der Waals surface area (Å²) in [6, 6.07) is 3.72. The fraction of sp³-hybridized carbons (Fsp3) is 0.571. The van der Waals surface area contributed by atoms with E-state index < -0.39 is 5.41 Å². The van der Waals surface area contributed by atoms with Crippen LogP contribution in [0.25, 0.3) is 11.3 Å². The Bertz CT molecular complexity index is 849. The number of H-pyrrole nitrogens is 1. The topological polar surface area (TPSA) is 73.9 Å². The molecule has 2 aliphatic rings. The van der Waals surface area contributed by atoms with E-state index in [9.17, 15) is 9.18 Å². The fourth-order valence-electron chi connectivity index (χ4n) is 4.48. The summed E-state index contributed by atoms with van der Waals surface area (Å²) < 4.78 is 14.5. The number of nitrogens with zero attached hydrogens (tertiary/aromatic N) is 3. The summed E-state index contributed by atoms with van der Waals surface area (Å²) in [7, 11) is 2.30. The van der Waals surface area contributed by atoms with Crippen LogP contribution in [-0.4, -0.2) is 39.6 Å². The number of aromatic amines is 1. The van der Waals surface area contributed by atoms with Crippen molar-refractivity contribution < 1.29 is 9.18 Å². The predicted octanol–water partition coefficient (Wildman–Crippen LogP) is 4.38. The molecule has 0 bridgehead atoms. The Morgan fingerprint density at radius 1 is 1.34 bits per heavy atom. The van der Waals surface area contributed by atoms with Crippen LogP contribution in [0.3, 0.4) is 0 Å². The number of hydrogen-bond donors (Lipinski definition) is 2. The van der Waals surface area contributed by atoms with Crippen molar-refractivity contribution in [2.24, 2.45) is 11.8 Å². The second kappa shape index (κ2) is 8.39. The molecule has 1 saturated carbocycles. The normalized spacial score (nSPS) is 27.2. The third-order valence-electron chi connectivity index (χ3n) is 6.32. The van der Waals surface area contributed by atoms with Crippen molar-refractivity contribution in [3.8, 4) is 11.3 Å². The first-order valence-corrected chi connectivity index (χ1v) is 11.1. The largest absolute Gasteiger partial charge is 0.351 e. The summed E-state index contributed by atoms with van der Waals surface area (Å²) in [5, 5.41) is 8.84. The number of pyridine rings is 1. The van der Waals surface area contributed by atoms with Crippen LogP contribution in [0.4, 0.5) is 15.9 Å². The van der Waals surface area contributed by atoms with E-state index in [0.717, 1.165) is 42.9 Å². The Hall–Kier alpha value is -2.01. The highest BCUT2D eigenvalue weighted by atomic mass is 31.0. The standard InChI is InChI=1S/C21H29FN5OP/c1-2-14-3-5-15(6-4-14)20(28)25-18-16(17-8-11-24-26-17)7-10-23-19(18)27-12-9-21(22,29)13-27/h7-8,10-11,14-15H,2-6,9,12-13,29H2,1H3,(H,24,26)(H,25,28). The number of carbonyl (C=O) groups is 1. The number of halogens is 1. The lowest BCUT2D eigenvalue weighted by atomic mass is 9.80. The SMILES string of the molecule is CCC1CCC(C(=O)Nc2c(-c3ccn[nH]3)ccnc2N2CCC(F)(P)C2)CC1. The van der Waals surface area contributed by atoms with Crippen molar-refractivity contribution in [3.05, 3.63) is 24.5 Å². The number of hydrogen-bond acceptors (Lipinski definition) is 4. The summed E-state index contributed by atoms with van der Waals surface area (Å²) in [5.41, 5.74) is 2.26. The van der Waals surface area contributed by atoms with Gasteiger partial charge in [-0.15, -0.1) is 0 Å². The molecule has 2 fully saturated rings. The van der Waals surface area contributed by atoms with E-state index in [2.05, 4.69) is 36.7 Å². The van der Waals surface area contributed by atoms with E-state index in [1.165, 1.54) is 6.42 Å². The van der Waals surface area contributed by atoms with Crippen molar-refractivity contribution in [1.29, 1.82) is 0 Å². The van der Waals surface area contributed by atoms with Crippen LogP contribution in [0, 0.1) is 11.8 Å². The molecule has 1 saturated heterocycles. The number of carbonyl (C=O) groups excluding carboxylic acids is 1. The van der Waals surface area contributed by atoms with Crippen LogP contribution in [0.5, 0.6) is 0 Å². The molecule has 3 heterocycles. The monoisotopic (exact) mass is 417 g/mol. The second-order valence-corrected chi connectivity index (χ2v) is 9.38. The van der Waals surface area contributed by atoms with Gasteiger partial charge >= 0.3 is 0 Å². The Labute approximate surface area is 173 Å². The highest BCUT2D eigenvalue weighted by Gasteiger charge is 2.36. The van der Waals surface area contributed by atoms with Gasteiger partial charge in [0.15, 0.2) is 5.82 Å². The minimum absolute atomic E-state index is 0.0149. The molecule has 8 heteroatoms. The third kappa shape index (κ3) is 4.45. The molecule has 1 amide bonds. The van der Waals surface area contributed by atoms with Crippen molar-refractivity contribution in [1.82, 2.24) is 15.2 Å². The lowest BCUT2D eigenvalue weighted by Gasteiger charge is -2.28. The molecule has 29 heavy (non-hydrogen) atoms. The number of rotatable bonds is 5. The second-order valence-electron chi connectivity index (χ2n) is 8.35. The summed E-state index contributed by atoms with van der Waals surface area (Å²) >= 11 is 0. The highest BCUT2D eigenvalue weighted by molar-refractivity contribution is 7.18. The van der Waals surface area contributed by atoms with Crippen LogP contribution in [0.2, 0.25) is 0 Å². The molecule has 1 aliphatic heterocycles. The summed E-state index contributed by atoms with van der Waals surface area (Å²) in [5.74, 6) is 1.40. The van der Waals surface area contributed by atoms with Gasteiger partial charge in [0.2, 0.25) is 5.91 Å². The molecule has 2 aromatic rings. The van der Waals surface area contributed by atoms with Gasteiger partial charge in [0.05, 0.1) is 17.9 Å². The number of nitrogens with one attached hydrogen (secondary N) is 2. The molecule has 0 radical (unpaired) electrons. The maximum Gasteiger partial charge on any atom is 0.227 e. The van der Waals surface area contributed by atoms with Crippen molar-refractivity contribution in [3.63, 3.8) is 0 Å². The van der Waals surface area contributed by atoms with Crippen LogP contribution in [-0.2, 0) is 4.79 Å². The number of aromatic nitrogens is 3. The quantitative estimate of drug-likeness (QED) is 0.709. The molecular formula is C21H29FN5OP. The molecule has 4 rings (SSSR count). The molecule has 2 atom stereocenters. The van der Waals surface area contributed by atoms with Crippen LogP contribution in [0.15, 0.2) is 24.5 Å². The average molecular weight is 417 g/mol. The van der Waals surface area contributed by atoms with Gasteiger partial charge in [0.1, 0.15) is 5.41 Å². The fourth-order valence-corrected chi connectivity index (χ4v) is 4.83.